The highest BCUT2D eigenvalue weighted by Gasteiger charge is 2.48. The number of hydrogen-bond donors (Lipinski definition) is 2. The third kappa shape index (κ3) is 3.86. The van der Waals surface area contributed by atoms with Gasteiger partial charge in [0.15, 0.2) is 11.6 Å². The van der Waals surface area contributed by atoms with Gasteiger partial charge in [-0.3, -0.25) is 9.59 Å². The summed E-state index contributed by atoms with van der Waals surface area (Å²) >= 11 is 0. The van der Waals surface area contributed by atoms with E-state index in [0.29, 0.717) is 6.42 Å². The Morgan fingerprint density at radius 1 is 0.957 bits per heavy atom. The second-order valence-corrected chi connectivity index (χ2v) is 6.41. The van der Waals surface area contributed by atoms with Crippen LogP contribution >= 0.6 is 0 Å². The fourth-order valence-electron chi connectivity index (χ4n) is 3.14. The molecule has 2 aliphatic carbocycles. The van der Waals surface area contributed by atoms with Crippen molar-refractivity contribution in [1.82, 2.24) is 5.32 Å². The molecule has 2 fully saturated rings. The molecule has 2 unspecified atom stereocenters. The predicted molar refractivity (Wildman–Crippen MR) is 81.6 cm³/mol. The number of benzene rings is 1. The van der Waals surface area contributed by atoms with Crippen molar-refractivity contribution >= 4 is 17.5 Å². The fraction of sp³-hybridized carbons (Fsp3) is 0.529. The van der Waals surface area contributed by atoms with Crippen LogP contribution in [-0.4, -0.2) is 17.9 Å². The lowest BCUT2D eigenvalue weighted by atomic mass is 9.95. The maximum atomic E-state index is 13.1. The first-order valence-corrected chi connectivity index (χ1v) is 8.11. The zero-order chi connectivity index (χ0) is 16.4. The average Bonchev–Trinajstić information content (AvgIpc) is 3.33. The van der Waals surface area contributed by atoms with Gasteiger partial charge < -0.3 is 10.6 Å². The maximum Gasteiger partial charge on any atom is 0.228 e. The van der Waals surface area contributed by atoms with Gasteiger partial charge in [-0.2, -0.15) is 0 Å². The van der Waals surface area contributed by atoms with E-state index in [1.807, 2.05) is 0 Å². The normalized spacial score (nSPS) is 24.1. The highest BCUT2D eigenvalue weighted by molar-refractivity contribution is 5.99. The van der Waals surface area contributed by atoms with Crippen molar-refractivity contribution < 1.29 is 18.4 Å². The minimum Gasteiger partial charge on any atom is -0.353 e. The fourth-order valence-corrected chi connectivity index (χ4v) is 3.14. The van der Waals surface area contributed by atoms with Gasteiger partial charge in [0, 0.05) is 17.8 Å². The molecule has 2 saturated carbocycles. The molecule has 2 atom stereocenters. The molecule has 0 radical (unpaired) electrons. The smallest absolute Gasteiger partial charge is 0.228 e. The number of anilines is 1. The molecule has 2 amide bonds. The van der Waals surface area contributed by atoms with Crippen molar-refractivity contribution in [3.05, 3.63) is 29.8 Å². The van der Waals surface area contributed by atoms with Gasteiger partial charge in [0.2, 0.25) is 11.8 Å². The molecule has 0 aliphatic heterocycles. The molecule has 23 heavy (non-hydrogen) atoms. The third-order valence-corrected chi connectivity index (χ3v) is 4.60. The number of rotatable bonds is 4. The van der Waals surface area contributed by atoms with Gasteiger partial charge >= 0.3 is 0 Å². The monoisotopic (exact) mass is 322 g/mol. The highest BCUT2D eigenvalue weighted by atomic mass is 19.2. The number of carbonyl (C=O) groups excluding carboxylic acids is 2. The number of nitrogens with one attached hydrogen (secondary N) is 2. The second kappa shape index (κ2) is 6.64. The standard InChI is InChI=1S/C17H20F2N2O2/c18-14-7-6-11(8-15(14)19)21-17(23)13-9-12(13)16(22)20-10-4-2-1-3-5-10/h6-8,10,12-13H,1-5,9H2,(H,20,22)(H,21,23). The first-order valence-electron chi connectivity index (χ1n) is 8.11. The molecule has 0 spiro atoms. The van der Waals surface area contributed by atoms with Crippen LogP contribution in [0, 0.1) is 23.5 Å². The summed E-state index contributed by atoms with van der Waals surface area (Å²) in [5, 5.41) is 5.55. The number of halogens is 2. The Morgan fingerprint density at radius 2 is 1.65 bits per heavy atom. The quantitative estimate of drug-likeness (QED) is 0.895. The Hall–Kier alpha value is -1.98. The van der Waals surface area contributed by atoms with Crippen LogP contribution in [0.15, 0.2) is 18.2 Å². The zero-order valence-corrected chi connectivity index (χ0v) is 12.8. The molecule has 0 aromatic heterocycles. The summed E-state index contributed by atoms with van der Waals surface area (Å²) in [5.41, 5.74) is 0.201. The molecule has 0 bridgehead atoms. The summed E-state index contributed by atoms with van der Waals surface area (Å²) in [5.74, 6) is -3.04. The van der Waals surface area contributed by atoms with Crippen LogP contribution < -0.4 is 10.6 Å². The number of carbonyl (C=O) groups is 2. The van der Waals surface area contributed by atoms with Crippen LogP contribution in [0.2, 0.25) is 0 Å². The number of amides is 2. The lowest BCUT2D eigenvalue weighted by Gasteiger charge is -2.22. The molecule has 2 N–H and O–H groups in total. The summed E-state index contributed by atoms with van der Waals surface area (Å²) in [7, 11) is 0. The Balaban J connectivity index is 1.49. The molecule has 2 aliphatic rings. The minimum atomic E-state index is -1.01. The van der Waals surface area contributed by atoms with E-state index in [4.69, 9.17) is 0 Å². The van der Waals surface area contributed by atoms with Crippen LogP contribution in [0.25, 0.3) is 0 Å². The van der Waals surface area contributed by atoms with E-state index in [9.17, 15) is 18.4 Å². The van der Waals surface area contributed by atoms with Gasteiger partial charge in [-0.1, -0.05) is 19.3 Å². The molecular formula is C17H20F2N2O2. The van der Waals surface area contributed by atoms with Crippen LogP contribution in [0.4, 0.5) is 14.5 Å². The first kappa shape index (κ1) is 15.9. The van der Waals surface area contributed by atoms with Gasteiger partial charge in [-0.25, -0.2) is 8.78 Å². The van der Waals surface area contributed by atoms with Gasteiger partial charge in [-0.05, 0) is 31.4 Å². The van der Waals surface area contributed by atoms with Gasteiger partial charge in [-0.15, -0.1) is 0 Å². The van der Waals surface area contributed by atoms with Crippen LogP contribution in [0.1, 0.15) is 38.5 Å². The minimum absolute atomic E-state index is 0.0673. The average molecular weight is 322 g/mol. The van der Waals surface area contributed by atoms with Crippen LogP contribution in [0.5, 0.6) is 0 Å². The molecule has 124 valence electrons. The molecule has 1 aromatic carbocycles. The molecule has 4 nitrogen and oxygen atoms in total. The van der Waals surface area contributed by atoms with Crippen LogP contribution in [-0.2, 0) is 9.59 Å². The largest absolute Gasteiger partial charge is 0.353 e. The van der Waals surface area contributed by atoms with E-state index in [1.54, 1.807) is 0 Å². The van der Waals surface area contributed by atoms with Crippen molar-refractivity contribution in [3.63, 3.8) is 0 Å². The summed E-state index contributed by atoms with van der Waals surface area (Å²) < 4.78 is 26.0. The van der Waals surface area contributed by atoms with E-state index in [-0.39, 0.29) is 35.4 Å². The molecule has 0 saturated heterocycles. The van der Waals surface area contributed by atoms with Crippen molar-refractivity contribution in [3.8, 4) is 0 Å². The number of hydrogen-bond acceptors (Lipinski definition) is 2. The zero-order valence-electron chi connectivity index (χ0n) is 12.8. The van der Waals surface area contributed by atoms with E-state index < -0.39 is 11.6 Å². The van der Waals surface area contributed by atoms with E-state index in [1.165, 1.54) is 12.5 Å². The molecule has 1 aromatic rings. The Labute approximate surface area is 133 Å². The molecular weight excluding hydrogens is 302 g/mol. The van der Waals surface area contributed by atoms with Crippen molar-refractivity contribution in [2.45, 2.75) is 44.6 Å². The molecule has 0 heterocycles. The van der Waals surface area contributed by atoms with E-state index >= 15 is 0 Å². The van der Waals surface area contributed by atoms with Crippen molar-refractivity contribution in [2.24, 2.45) is 11.8 Å². The predicted octanol–water partition coefficient (Wildman–Crippen LogP) is 2.99. The Morgan fingerprint density at radius 3 is 2.35 bits per heavy atom. The van der Waals surface area contributed by atoms with Crippen molar-refractivity contribution in [1.29, 1.82) is 0 Å². The highest BCUT2D eigenvalue weighted by Crippen LogP contribution is 2.40. The van der Waals surface area contributed by atoms with Crippen LogP contribution in [0.3, 0.4) is 0 Å². The summed E-state index contributed by atoms with van der Waals surface area (Å²) in [6.07, 6.45) is 6.00. The molecule has 6 heteroatoms. The van der Waals surface area contributed by atoms with Gasteiger partial charge in [0.05, 0.1) is 11.8 Å². The summed E-state index contributed by atoms with van der Waals surface area (Å²) in [6.45, 7) is 0. The first-order chi connectivity index (χ1) is 11.0. The lowest BCUT2D eigenvalue weighted by Crippen LogP contribution is -2.37. The van der Waals surface area contributed by atoms with Gasteiger partial charge in [0.1, 0.15) is 0 Å². The topological polar surface area (TPSA) is 58.2 Å². The second-order valence-electron chi connectivity index (χ2n) is 6.41. The summed E-state index contributed by atoms with van der Waals surface area (Å²) in [6, 6.07) is 3.43. The maximum absolute atomic E-state index is 13.1. The lowest BCUT2D eigenvalue weighted by molar-refractivity contribution is -0.126. The van der Waals surface area contributed by atoms with E-state index in [2.05, 4.69) is 10.6 Å². The van der Waals surface area contributed by atoms with Gasteiger partial charge in [0.25, 0.3) is 0 Å². The SMILES string of the molecule is O=C(Nc1ccc(F)c(F)c1)C1CC1C(=O)NC1CCCCC1. The Kier molecular flexibility index (Phi) is 4.59. The summed E-state index contributed by atoms with van der Waals surface area (Å²) in [4.78, 5) is 24.2. The van der Waals surface area contributed by atoms with E-state index in [0.717, 1.165) is 37.8 Å². The third-order valence-electron chi connectivity index (χ3n) is 4.60. The molecule has 3 rings (SSSR count). The van der Waals surface area contributed by atoms with Crippen molar-refractivity contribution in [2.75, 3.05) is 5.32 Å². The Bertz CT molecular complexity index is 615.